The van der Waals surface area contributed by atoms with E-state index < -0.39 is 21.9 Å². The van der Waals surface area contributed by atoms with E-state index >= 15 is 0 Å². The van der Waals surface area contributed by atoms with E-state index in [0.717, 1.165) is 5.56 Å². The van der Waals surface area contributed by atoms with Crippen LogP contribution in [-0.4, -0.2) is 25.1 Å². The summed E-state index contributed by atoms with van der Waals surface area (Å²) in [6, 6.07) is 12.0. The lowest BCUT2D eigenvalue weighted by atomic mass is 9.96. The number of aryl methyl sites for hydroxylation is 1. The van der Waals surface area contributed by atoms with Crippen LogP contribution in [0.2, 0.25) is 0 Å². The first-order valence-corrected chi connectivity index (χ1v) is 9.77. The molecular weight excluding hydrogens is 353 g/mol. The number of halogens is 1. The molecule has 1 aliphatic heterocycles. The fourth-order valence-corrected chi connectivity index (χ4v) is 4.69. The van der Waals surface area contributed by atoms with Crippen LogP contribution < -0.4 is 0 Å². The van der Waals surface area contributed by atoms with Crippen LogP contribution in [0.25, 0.3) is 0 Å². The van der Waals surface area contributed by atoms with Crippen molar-refractivity contribution >= 4 is 15.8 Å². The number of benzene rings is 2. The highest BCUT2D eigenvalue weighted by Gasteiger charge is 2.36. The van der Waals surface area contributed by atoms with E-state index in [1.165, 1.54) is 29.4 Å². The van der Waals surface area contributed by atoms with Gasteiger partial charge in [-0.15, -0.1) is 0 Å². The highest BCUT2D eigenvalue weighted by atomic mass is 32.2. The second-order valence-corrected chi connectivity index (χ2v) is 8.31. The van der Waals surface area contributed by atoms with Gasteiger partial charge in [0.05, 0.1) is 10.9 Å². The number of carbonyl (C=O) groups excluding carboxylic acids is 1. The fourth-order valence-electron chi connectivity index (χ4n) is 3.09. The van der Waals surface area contributed by atoms with Gasteiger partial charge in [0, 0.05) is 17.7 Å². The number of sulfonamides is 1. The molecule has 26 heavy (non-hydrogen) atoms. The molecular formula is C20H20FNO3S. The molecule has 0 fully saturated rings. The molecule has 0 aliphatic carbocycles. The molecule has 0 bridgehead atoms. The topological polar surface area (TPSA) is 54.5 Å². The average molecular weight is 373 g/mol. The van der Waals surface area contributed by atoms with Crippen LogP contribution in [0.15, 0.2) is 65.1 Å². The number of hydrogen-bond acceptors (Lipinski definition) is 3. The fraction of sp³-hybridized carbons (Fsp3) is 0.250. The summed E-state index contributed by atoms with van der Waals surface area (Å²) < 4.78 is 42.0. The highest BCUT2D eigenvalue weighted by molar-refractivity contribution is 7.89. The van der Waals surface area contributed by atoms with Crippen molar-refractivity contribution in [3.05, 3.63) is 77.1 Å². The summed E-state index contributed by atoms with van der Waals surface area (Å²) in [7, 11) is -3.89. The first-order valence-electron chi connectivity index (χ1n) is 8.33. The summed E-state index contributed by atoms with van der Waals surface area (Å²) >= 11 is 0. The van der Waals surface area contributed by atoms with Crippen molar-refractivity contribution in [2.24, 2.45) is 0 Å². The zero-order valence-corrected chi connectivity index (χ0v) is 15.5. The Morgan fingerprint density at radius 1 is 1.12 bits per heavy atom. The molecule has 2 aromatic carbocycles. The Morgan fingerprint density at radius 2 is 1.77 bits per heavy atom. The summed E-state index contributed by atoms with van der Waals surface area (Å²) in [5, 5.41) is 0. The third kappa shape index (κ3) is 3.48. The lowest BCUT2D eigenvalue weighted by Gasteiger charge is -2.34. The molecule has 1 aliphatic rings. The van der Waals surface area contributed by atoms with Crippen LogP contribution in [0, 0.1) is 12.7 Å². The molecule has 6 heteroatoms. The third-order valence-electron chi connectivity index (χ3n) is 4.61. The number of nitrogens with zero attached hydrogens (tertiary/aromatic N) is 1. The molecule has 1 atom stereocenters. The van der Waals surface area contributed by atoms with Gasteiger partial charge in [-0.2, -0.15) is 4.31 Å². The maximum atomic E-state index is 14.3. The number of Topliss-reactive ketones (excluding diaryl/α,β-unsaturated/α-hetero) is 1. The van der Waals surface area contributed by atoms with Gasteiger partial charge in [-0.1, -0.05) is 42.0 Å². The second-order valence-electron chi connectivity index (χ2n) is 6.42. The minimum atomic E-state index is -3.89. The van der Waals surface area contributed by atoms with Gasteiger partial charge in [-0.3, -0.25) is 4.79 Å². The summed E-state index contributed by atoms with van der Waals surface area (Å²) in [5.41, 5.74) is 1.67. The van der Waals surface area contributed by atoms with Gasteiger partial charge in [-0.25, -0.2) is 12.8 Å². The van der Waals surface area contributed by atoms with Gasteiger partial charge in [0.25, 0.3) is 0 Å². The molecule has 4 nitrogen and oxygen atoms in total. The third-order valence-corrected chi connectivity index (χ3v) is 6.47. The van der Waals surface area contributed by atoms with E-state index in [2.05, 4.69) is 0 Å². The number of carbonyl (C=O) groups is 1. The van der Waals surface area contributed by atoms with Gasteiger partial charge in [0.15, 0.2) is 5.78 Å². The van der Waals surface area contributed by atoms with Crippen molar-refractivity contribution in [2.75, 3.05) is 6.54 Å². The van der Waals surface area contributed by atoms with Gasteiger partial charge in [0.2, 0.25) is 10.0 Å². The first kappa shape index (κ1) is 18.5. The van der Waals surface area contributed by atoms with E-state index in [1.54, 1.807) is 36.4 Å². The van der Waals surface area contributed by atoms with E-state index in [1.807, 2.05) is 6.92 Å². The van der Waals surface area contributed by atoms with Gasteiger partial charge < -0.3 is 0 Å². The molecule has 0 spiro atoms. The molecule has 0 amide bonds. The van der Waals surface area contributed by atoms with Crippen LogP contribution in [0.4, 0.5) is 4.39 Å². The summed E-state index contributed by atoms with van der Waals surface area (Å²) in [5.74, 6) is -0.637. The molecule has 2 aromatic rings. The molecule has 0 aromatic heterocycles. The predicted molar refractivity (Wildman–Crippen MR) is 97.6 cm³/mol. The minimum Gasteiger partial charge on any atom is -0.295 e. The molecule has 0 radical (unpaired) electrons. The number of hydrogen-bond donors (Lipinski definition) is 0. The van der Waals surface area contributed by atoms with Crippen LogP contribution >= 0.6 is 0 Å². The first-order chi connectivity index (χ1) is 12.3. The molecule has 136 valence electrons. The number of ketones is 1. The van der Waals surface area contributed by atoms with Gasteiger partial charge in [-0.05, 0) is 38.5 Å². The molecule has 3 rings (SSSR count). The van der Waals surface area contributed by atoms with Crippen molar-refractivity contribution in [3.63, 3.8) is 0 Å². The van der Waals surface area contributed by atoms with E-state index in [9.17, 15) is 17.6 Å². The SMILES string of the molecule is CC(=O)C1=CCC(c2ccccc2F)N(S(=O)(=O)c2ccc(C)cc2)C1. The second kappa shape index (κ2) is 7.13. The smallest absolute Gasteiger partial charge is 0.243 e. The Hall–Kier alpha value is -2.31. The molecule has 0 N–H and O–H groups in total. The Kier molecular flexibility index (Phi) is 5.07. The zero-order chi connectivity index (χ0) is 18.9. The van der Waals surface area contributed by atoms with E-state index in [-0.39, 0.29) is 23.6 Å². The highest BCUT2D eigenvalue weighted by Crippen LogP contribution is 2.36. The van der Waals surface area contributed by atoms with Crippen LogP contribution in [0.3, 0.4) is 0 Å². The standard InChI is InChI=1S/C20H20FNO3S/c1-14-7-10-17(11-8-14)26(24,25)22-13-16(15(2)23)9-12-20(22)18-5-3-4-6-19(18)21/h3-11,20H,12-13H2,1-2H3. The number of rotatable bonds is 4. The van der Waals surface area contributed by atoms with Crippen molar-refractivity contribution in [1.82, 2.24) is 4.31 Å². The van der Waals surface area contributed by atoms with Crippen LogP contribution in [-0.2, 0) is 14.8 Å². The largest absolute Gasteiger partial charge is 0.295 e. The maximum absolute atomic E-state index is 14.3. The predicted octanol–water partition coefficient (Wildman–Crippen LogP) is 3.79. The lowest BCUT2D eigenvalue weighted by molar-refractivity contribution is -0.113. The van der Waals surface area contributed by atoms with Gasteiger partial charge >= 0.3 is 0 Å². The van der Waals surface area contributed by atoms with Crippen LogP contribution in [0.1, 0.15) is 30.5 Å². The monoisotopic (exact) mass is 373 g/mol. The molecule has 1 heterocycles. The zero-order valence-electron chi connectivity index (χ0n) is 14.6. The Labute approximate surface area is 153 Å². The summed E-state index contributed by atoms with van der Waals surface area (Å²) in [6.07, 6.45) is 1.96. The Bertz CT molecular complexity index is 965. The quantitative estimate of drug-likeness (QED) is 0.819. The average Bonchev–Trinajstić information content (AvgIpc) is 2.62. The molecule has 1 unspecified atom stereocenters. The summed E-state index contributed by atoms with van der Waals surface area (Å²) in [4.78, 5) is 11.9. The Morgan fingerprint density at radius 3 is 2.38 bits per heavy atom. The van der Waals surface area contributed by atoms with Crippen LogP contribution in [0.5, 0.6) is 0 Å². The van der Waals surface area contributed by atoms with E-state index in [4.69, 9.17) is 0 Å². The maximum Gasteiger partial charge on any atom is 0.243 e. The van der Waals surface area contributed by atoms with Crippen molar-refractivity contribution in [3.8, 4) is 0 Å². The Balaban J connectivity index is 2.10. The molecule has 0 saturated heterocycles. The molecule has 0 saturated carbocycles. The lowest BCUT2D eigenvalue weighted by Crippen LogP contribution is -2.40. The van der Waals surface area contributed by atoms with Crippen molar-refractivity contribution < 1.29 is 17.6 Å². The summed E-state index contributed by atoms with van der Waals surface area (Å²) in [6.45, 7) is 3.21. The van der Waals surface area contributed by atoms with Crippen molar-refractivity contribution in [1.29, 1.82) is 0 Å². The minimum absolute atomic E-state index is 0.0649. The van der Waals surface area contributed by atoms with Crippen molar-refractivity contribution in [2.45, 2.75) is 31.2 Å². The van der Waals surface area contributed by atoms with Gasteiger partial charge in [0.1, 0.15) is 5.82 Å². The van der Waals surface area contributed by atoms with E-state index in [0.29, 0.717) is 11.1 Å². The normalized spacial score (nSPS) is 18.4.